The largest absolute Gasteiger partial charge is 0.340 e. The summed E-state index contributed by atoms with van der Waals surface area (Å²) in [4.78, 5) is 17.4. The van der Waals surface area contributed by atoms with Crippen molar-refractivity contribution in [2.75, 3.05) is 32.7 Å². The van der Waals surface area contributed by atoms with Crippen LogP contribution < -0.4 is 5.32 Å². The summed E-state index contributed by atoms with van der Waals surface area (Å²) in [6.45, 7) is 7.68. The molecule has 0 saturated carbocycles. The van der Waals surface area contributed by atoms with E-state index in [4.69, 9.17) is 0 Å². The Bertz CT molecular complexity index is 341. The van der Waals surface area contributed by atoms with Crippen molar-refractivity contribution in [1.82, 2.24) is 15.1 Å². The van der Waals surface area contributed by atoms with Gasteiger partial charge in [-0.1, -0.05) is 13.3 Å². The molecule has 4 nitrogen and oxygen atoms in total. The minimum atomic E-state index is 0.0823. The van der Waals surface area contributed by atoms with Crippen molar-refractivity contribution in [1.29, 1.82) is 0 Å². The van der Waals surface area contributed by atoms with Crippen LogP contribution in [-0.2, 0) is 4.79 Å². The van der Waals surface area contributed by atoms with Crippen LogP contribution in [0.5, 0.6) is 0 Å². The second kappa shape index (κ2) is 6.44. The number of hydrogen-bond donors (Lipinski definition) is 1. The van der Waals surface area contributed by atoms with Crippen molar-refractivity contribution >= 4 is 5.91 Å². The lowest BCUT2D eigenvalue weighted by Crippen LogP contribution is -2.50. The van der Waals surface area contributed by atoms with Crippen LogP contribution in [-0.4, -0.2) is 60.5 Å². The molecule has 0 aromatic rings. The SMILES string of the molecule is CC1CCNC(C(=O)N2CCC(N3CCCCC3)C2)C1. The summed E-state index contributed by atoms with van der Waals surface area (Å²) in [6.07, 6.45) is 7.46. The van der Waals surface area contributed by atoms with E-state index in [1.165, 1.54) is 45.2 Å². The molecule has 3 rings (SSSR count). The van der Waals surface area contributed by atoms with Crippen molar-refractivity contribution < 1.29 is 4.79 Å². The second-order valence-corrected chi connectivity index (χ2v) is 6.96. The number of likely N-dealkylation sites (tertiary alicyclic amines) is 2. The molecule has 0 aromatic carbocycles. The first-order valence-electron chi connectivity index (χ1n) is 8.50. The third-order valence-corrected chi connectivity index (χ3v) is 5.35. The summed E-state index contributed by atoms with van der Waals surface area (Å²) in [5.74, 6) is 1.04. The van der Waals surface area contributed by atoms with Gasteiger partial charge in [0.25, 0.3) is 0 Å². The Hall–Kier alpha value is -0.610. The summed E-state index contributed by atoms with van der Waals surface area (Å²) in [5, 5.41) is 3.42. The molecule has 1 amide bonds. The van der Waals surface area contributed by atoms with E-state index in [9.17, 15) is 4.79 Å². The van der Waals surface area contributed by atoms with E-state index < -0.39 is 0 Å². The Labute approximate surface area is 122 Å². The van der Waals surface area contributed by atoms with E-state index in [-0.39, 0.29) is 6.04 Å². The molecule has 3 unspecified atom stereocenters. The van der Waals surface area contributed by atoms with Crippen LogP contribution in [0.4, 0.5) is 0 Å². The van der Waals surface area contributed by atoms with E-state index in [0.717, 1.165) is 26.1 Å². The zero-order valence-corrected chi connectivity index (χ0v) is 12.8. The van der Waals surface area contributed by atoms with Gasteiger partial charge in [-0.3, -0.25) is 9.69 Å². The maximum Gasteiger partial charge on any atom is 0.239 e. The summed E-state index contributed by atoms with van der Waals surface area (Å²) in [5.41, 5.74) is 0. The van der Waals surface area contributed by atoms with E-state index >= 15 is 0 Å². The maximum absolute atomic E-state index is 12.6. The van der Waals surface area contributed by atoms with Gasteiger partial charge < -0.3 is 10.2 Å². The van der Waals surface area contributed by atoms with E-state index in [2.05, 4.69) is 22.0 Å². The van der Waals surface area contributed by atoms with Crippen LogP contribution in [0.25, 0.3) is 0 Å². The van der Waals surface area contributed by atoms with E-state index in [0.29, 0.717) is 17.9 Å². The number of nitrogens with zero attached hydrogens (tertiary/aromatic N) is 2. The first-order valence-corrected chi connectivity index (χ1v) is 8.50. The number of nitrogens with one attached hydrogen (secondary N) is 1. The number of piperidine rings is 2. The number of carbonyl (C=O) groups excluding carboxylic acids is 1. The zero-order chi connectivity index (χ0) is 13.9. The molecule has 3 aliphatic heterocycles. The highest BCUT2D eigenvalue weighted by molar-refractivity contribution is 5.82. The predicted molar refractivity (Wildman–Crippen MR) is 80.6 cm³/mol. The standard InChI is InChI=1S/C16H29N3O/c1-13-5-7-17-15(11-13)16(20)19-10-6-14(12-19)18-8-3-2-4-9-18/h13-15,17H,2-12H2,1H3. The van der Waals surface area contributed by atoms with Crippen molar-refractivity contribution in [2.24, 2.45) is 5.92 Å². The fraction of sp³-hybridized carbons (Fsp3) is 0.938. The normalized spacial score (nSPS) is 36.2. The van der Waals surface area contributed by atoms with Crippen molar-refractivity contribution in [3.8, 4) is 0 Å². The monoisotopic (exact) mass is 279 g/mol. The number of rotatable bonds is 2. The summed E-state index contributed by atoms with van der Waals surface area (Å²) in [6, 6.07) is 0.708. The first-order chi connectivity index (χ1) is 9.74. The third-order valence-electron chi connectivity index (χ3n) is 5.35. The first kappa shape index (κ1) is 14.3. The van der Waals surface area contributed by atoms with E-state index in [1.54, 1.807) is 0 Å². The van der Waals surface area contributed by atoms with Gasteiger partial charge in [-0.15, -0.1) is 0 Å². The number of carbonyl (C=O) groups is 1. The van der Waals surface area contributed by atoms with Crippen LogP contribution in [0.2, 0.25) is 0 Å². The average Bonchev–Trinajstić information content (AvgIpc) is 2.97. The Morgan fingerprint density at radius 3 is 2.65 bits per heavy atom. The Morgan fingerprint density at radius 2 is 1.90 bits per heavy atom. The molecule has 3 aliphatic rings. The smallest absolute Gasteiger partial charge is 0.239 e. The molecule has 0 aliphatic carbocycles. The van der Waals surface area contributed by atoms with Gasteiger partial charge in [0, 0.05) is 19.1 Å². The topological polar surface area (TPSA) is 35.6 Å². The highest BCUT2D eigenvalue weighted by Gasteiger charge is 2.35. The molecular formula is C16H29N3O. The lowest BCUT2D eigenvalue weighted by molar-refractivity contribution is -0.133. The molecule has 20 heavy (non-hydrogen) atoms. The van der Waals surface area contributed by atoms with Crippen molar-refractivity contribution in [3.05, 3.63) is 0 Å². The maximum atomic E-state index is 12.6. The van der Waals surface area contributed by atoms with Gasteiger partial charge in [0.2, 0.25) is 5.91 Å². The van der Waals surface area contributed by atoms with Crippen LogP contribution in [0.3, 0.4) is 0 Å². The van der Waals surface area contributed by atoms with Gasteiger partial charge in [-0.25, -0.2) is 0 Å². The van der Waals surface area contributed by atoms with Gasteiger partial charge in [-0.2, -0.15) is 0 Å². The van der Waals surface area contributed by atoms with E-state index in [1.807, 2.05) is 0 Å². The van der Waals surface area contributed by atoms with Crippen LogP contribution >= 0.6 is 0 Å². The summed E-state index contributed by atoms with van der Waals surface area (Å²) >= 11 is 0. The Kier molecular flexibility index (Phi) is 4.61. The number of amides is 1. The van der Waals surface area contributed by atoms with Gasteiger partial charge >= 0.3 is 0 Å². The molecular weight excluding hydrogens is 250 g/mol. The molecule has 3 saturated heterocycles. The fourth-order valence-electron chi connectivity index (χ4n) is 4.04. The highest BCUT2D eigenvalue weighted by atomic mass is 16.2. The Balaban J connectivity index is 1.52. The molecule has 4 heteroatoms. The predicted octanol–water partition coefficient (Wildman–Crippen LogP) is 1.46. The molecule has 3 fully saturated rings. The highest BCUT2D eigenvalue weighted by Crippen LogP contribution is 2.23. The summed E-state index contributed by atoms with van der Waals surface area (Å²) in [7, 11) is 0. The quantitative estimate of drug-likeness (QED) is 0.831. The molecule has 0 aromatic heterocycles. The molecule has 3 atom stereocenters. The van der Waals surface area contributed by atoms with Crippen molar-refractivity contribution in [3.63, 3.8) is 0 Å². The molecule has 3 heterocycles. The van der Waals surface area contributed by atoms with Gasteiger partial charge in [0.1, 0.15) is 0 Å². The average molecular weight is 279 g/mol. The van der Waals surface area contributed by atoms with Gasteiger partial charge in [0.15, 0.2) is 0 Å². The molecule has 1 N–H and O–H groups in total. The minimum absolute atomic E-state index is 0.0823. The third kappa shape index (κ3) is 3.17. The minimum Gasteiger partial charge on any atom is -0.340 e. The van der Waals surface area contributed by atoms with Crippen molar-refractivity contribution in [2.45, 2.75) is 57.5 Å². The number of hydrogen-bond acceptors (Lipinski definition) is 3. The van der Waals surface area contributed by atoms with Crippen LogP contribution in [0.1, 0.15) is 45.4 Å². The van der Waals surface area contributed by atoms with Gasteiger partial charge in [-0.05, 0) is 57.7 Å². The van der Waals surface area contributed by atoms with Gasteiger partial charge in [0.05, 0.1) is 6.04 Å². The fourth-order valence-corrected chi connectivity index (χ4v) is 4.04. The molecule has 0 radical (unpaired) electrons. The van der Waals surface area contributed by atoms with Crippen LogP contribution in [0, 0.1) is 5.92 Å². The Morgan fingerprint density at radius 1 is 1.10 bits per heavy atom. The summed E-state index contributed by atoms with van der Waals surface area (Å²) < 4.78 is 0. The second-order valence-electron chi connectivity index (χ2n) is 6.96. The molecule has 0 bridgehead atoms. The van der Waals surface area contributed by atoms with Crippen LogP contribution in [0.15, 0.2) is 0 Å². The molecule has 0 spiro atoms. The lowest BCUT2D eigenvalue weighted by atomic mass is 9.93. The molecule has 114 valence electrons. The zero-order valence-electron chi connectivity index (χ0n) is 12.8. The lowest BCUT2D eigenvalue weighted by Gasteiger charge is -2.33.